The maximum absolute atomic E-state index is 13.1. The topological polar surface area (TPSA) is 74.0 Å². The van der Waals surface area contributed by atoms with Gasteiger partial charge in [-0.2, -0.15) is 0 Å². The van der Waals surface area contributed by atoms with Crippen LogP contribution < -0.4 is 14.2 Å². The van der Waals surface area contributed by atoms with E-state index >= 15 is 0 Å². The van der Waals surface area contributed by atoms with Gasteiger partial charge in [-0.1, -0.05) is 18.2 Å². The second-order valence-electron chi connectivity index (χ2n) is 7.93. The number of aromatic nitrogens is 1. The van der Waals surface area contributed by atoms with Gasteiger partial charge < -0.3 is 23.5 Å². The van der Waals surface area contributed by atoms with Crippen molar-refractivity contribution in [3.05, 3.63) is 71.7 Å². The van der Waals surface area contributed by atoms with E-state index in [1.54, 1.807) is 55.6 Å². The Morgan fingerprint density at radius 2 is 1.88 bits per heavy atom. The fourth-order valence-corrected chi connectivity index (χ4v) is 3.99. The highest BCUT2D eigenvalue weighted by molar-refractivity contribution is 5.78. The summed E-state index contributed by atoms with van der Waals surface area (Å²) in [7, 11) is 3.08. The van der Waals surface area contributed by atoms with Crippen molar-refractivity contribution < 1.29 is 27.8 Å². The molecule has 0 radical (unpaired) electrons. The molecule has 3 aromatic rings. The van der Waals surface area contributed by atoms with Crippen LogP contribution in [0.25, 0.3) is 0 Å². The van der Waals surface area contributed by atoms with Crippen LogP contribution in [0.5, 0.6) is 17.2 Å². The number of benzene rings is 2. The number of para-hydroxylation sites is 1. The van der Waals surface area contributed by atoms with Crippen molar-refractivity contribution in [1.82, 2.24) is 9.88 Å². The Morgan fingerprint density at radius 1 is 1.15 bits per heavy atom. The first-order valence-electron chi connectivity index (χ1n) is 10.9. The summed E-state index contributed by atoms with van der Waals surface area (Å²) in [5, 5.41) is 0. The zero-order valence-corrected chi connectivity index (χ0v) is 18.8. The molecule has 1 amide bonds. The largest absolute Gasteiger partial charge is 0.493 e. The Bertz CT molecular complexity index is 1060. The van der Waals surface area contributed by atoms with E-state index < -0.39 is 0 Å². The minimum Gasteiger partial charge on any atom is -0.493 e. The molecule has 7 nitrogen and oxygen atoms in total. The average Bonchev–Trinajstić information content (AvgIpc) is 3.32. The maximum Gasteiger partial charge on any atom is 0.260 e. The second kappa shape index (κ2) is 10.4. The van der Waals surface area contributed by atoms with Crippen LogP contribution in [0.2, 0.25) is 0 Å². The molecule has 2 aromatic carbocycles. The molecule has 8 heteroatoms. The first-order valence-corrected chi connectivity index (χ1v) is 10.9. The summed E-state index contributed by atoms with van der Waals surface area (Å²) in [5.74, 6) is 2.39. The molecule has 1 saturated heterocycles. The Balaban J connectivity index is 1.36. The molecular weight excluding hydrogens is 427 g/mol. The number of likely N-dealkylation sites (tertiary alicyclic amines) is 1. The lowest BCUT2D eigenvalue weighted by Gasteiger charge is -2.31. The van der Waals surface area contributed by atoms with Crippen LogP contribution in [0.3, 0.4) is 0 Å². The Morgan fingerprint density at radius 3 is 2.58 bits per heavy atom. The van der Waals surface area contributed by atoms with E-state index in [1.165, 1.54) is 12.1 Å². The van der Waals surface area contributed by atoms with Crippen LogP contribution in [0, 0.1) is 5.82 Å². The lowest BCUT2D eigenvalue weighted by molar-refractivity contribution is -0.134. The van der Waals surface area contributed by atoms with Gasteiger partial charge in [-0.15, -0.1) is 0 Å². The quantitative estimate of drug-likeness (QED) is 0.508. The van der Waals surface area contributed by atoms with E-state index in [9.17, 15) is 9.18 Å². The number of carbonyl (C=O) groups excluding carboxylic acids is 1. The highest BCUT2D eigenvalue weighted by atomic mass is 19.1. The molecular formula is C25H27FN2O5. The van der Waals surface area contributed by atoms with Crippen molar-refractivity contribution in [2.75, 3.05) is 33.9 Å². The molecule has 2 heterocycles. The molecule has 4 rings (SSSR count). The monoisotopic (exact) mass is 454 g/mol. The SMILES string of the molecule is COc1cccc(OC)c1OCC(=O)N1CCC[C@@H](c2ncc(Cc3ccc(F)cc3)o2)C1. The van der Waals surface area contributed by atoms with Crippen LogP contribution in [-0.4, -0.2) is 49.7 Å². The minimum absolute atomic E-state index is 0.0189. The summed E-state index contributed by atoms with van der Waals surface area (Å²) >= 11 is 0. The third kappa shape index (κ3) is 5.45. The fraction of sp³-hybridized carbons (Fsp3) is 0.360. The number of halogens is 1. The average molecular weight is 454 g/mol. The summed E-state index contributed by atoms with van der Waals surface area (Å²) in [6.45, 7) is 1.05. The van der Waals surface area contributed by atoms with E-state index in [1.807, 2.05) is 0 Å². The molecule has 1 aromatic heterocycles. The van der Waals surface area contributed by atoms with Crippen molar-refractivity contribution >= 4 is 5.91 Å². The van der Waals surface area contributed by atoms with Crippen molar-refractivity contribution in [3.63, 3.8) is 0 Å². The fourth-order valence-electron chi connectivity index (χ4n) is 3.99. The highest BCUT2D eigenvalue weighted by Gasteiger charge is 2.28. The third-order valence-corrected chi connectivity index (χ3v) is 5.71. The number of ether oxygens (including phenoxy) is 3. The van der Waals surface area contributed by atoms with Crippen molar-refractivity contribution in [2.45, 2.75) is 25.2 Å². The van der Waals surface area contributed by atoms with Crippen LogP contribution in [0.4, 0.5) is 4.39 Å². The van der Waals surface area contributed by atoms with Crippen LogP contribution in [-0.2, 0) is 11.2 Å². The smallest absolute Gasteiger partial charge is 0.260 e. The normalized spacial score (nSPS) is 15.8. The molecule has 33 heavy (non-hydrogen) atoms. The summed E-state index contributed by atoms with van der Waals surface area (Å²) in [6.07, 6.45) is 3.99. The van der Waals surface area contributed by atoms with Gasteiger partial charge in [0.15, 0.2) is 24.0 Å². The van der Waals surface area contributed by atoms with Crippen LogP contribution >= 0.6 is 0 Å². The number of oxazole rings is 1. The zero-order valence-electron chi connectivity index (χ0n) is 18.8. The lowest BCUT2D eigenvalue weighted by Crippen LogP contribution is -2.41. The minimum atomic E-state index is -0.267. The number of piperidine rings is 1. The first kappa shape index (κ1) is 22.6. The Kier molecular flexibility index (Phi) is 7.12. The lowest BCUT2D eigenvalue weighted by atomic mass is 9.98. The van der Waals surface area contributed by atoms with E-state index in [4.69, 9.17) is 18.6 Å². The van der Waals surface area contributed by atoms with Crippen LogP contribution in [0.1, 0.15) is 36.0 Å². The third-order valence-electron chi connectivity index (χ3n) is 5.71. The molecule has 1 atom stereocenters. The number of carbonyl (C=O) groups is 1. The predicted octanol–water partition coefficient (Wildman–Crippen LogP) is 4.21. The maximum atomic E-state index is 13.1. The van der Waals surface area contributed by atoms with E-state index in [2.05, 4.69) is 4.98 Å². The van der Waals surface area contributed by atoms with Crippen molar-refractivity contribution in [2.24, 2.45) is 0 Å². The number of nitrogens with zero attached hydrogens (tertiary/aromatic N) is 2. The van der Waals surface area contributed by atoms with Gasteiger partial charge in [0.1, 0.15) is 11.6 Å². The standard InChI is InChI=1S/C25H27FN2O5/c1-30-21-6-3-7-22(31-2)24(21)32-16-23(29)28-12-4-5-18(15-28)25-27-14-20(33-25)13-17-8-10-19(26)11-9-17/h3,6-11,14,18H,4-5,12-13,15-16H2,1-2H3/t18-/m1/s1. The van der Waals surface area contributed by atoms with Gasteiger partial charge in [0.2, 0.25) is 5.75 Å². The summed E-state index contributed by atoms with van der Waals surface area (Å²) in [5.41, 5.74) is 0.948. The summed E-state index contributed by atoms with van der Waals surface area (Å²) in [4.78, 5) is 19.1. The molecule has 0 spiro atoms. The van der Waals surface area contributed by atoms with E-state index in [0.717, 1.165) is 18.4 Å². The van der Waals surface area contributed by atoms with Crippen LogP contribution in [0.15, 0.2) is 53.1 Å². The van der Waals surface area contributed by atoms with Gasteiger partial charge in [-0.25, -0.2) is 9.37 Å². The van der Waals surface area contributed by atoms with E-state index in [-0.39, 0.29) is 24.2 Å². The zero-order chi connectivity index (χ0) is 23.2. The Labute approximate surface area is 192 Å². The molecule has 0 bridgehead atoms. The van der Waals surface area contributed by atoms with Gasteiger partial charge in [0, 0.05) is 19.5 Å². The molecule has 0 unspecified atom stereocenters. The molecule has 0 saturated carbocycles. The van der Waals surface area contributed by atoms with Gasteiger partial charge >= 0.3 is 0 Å². The van der Waals surface area contributed by atoms with Gasteiger partial charge in [-0.3, -0.25) is 4.79 Å². The van der Waals surface area contributed by atoms with Gasteiger partial charge in [-0.05, 0) is 42.7 Å². The number of rotatable bonds is 8. The molecule has 1 fully saturated rings. The predicted molar refractivity (Wildman–Crippen MR) is 119 cm³/mol. The van der Waals surface area contributed by atoms with Gasteiger partial charge in [0.05, 0.1) is 26.3 Å². The molecule has 1 aliphatic rings. The second-order valence-corrected chi connectivity index (χ2v) is 7.93. The molecule has 0 aliphatic carbocycles. The first-order chi connectivity index (χ1) is 16.1. The number of hydrogen-bond donors (Lipinski definition) is 0. The highest BCUT2D eigenvalue weighted by Crippen LogP contribution is 2.37. The number of methoxy groups -OCH3 is 2. The van der Waals surface area contributed by atoms with Gasteiger partial charge in [0.25, 0.3) is 5.91 Å². The molecule has 1 aliphatic heterocycles. The molecule has 174 valence electrons. The van der Waals surface area contributed by atoms with E-state index in [0.29, 0.717) is 48.4 Å². The summed E-state index contributed by atoms with van der Waals surface area (Å²) in [6, 6.07) is 11.6. The number of hydrogen-bond acceptors (Lipinski definition) is 6. The Hall–Kier alpha value is -3.55. The van der Waals surface area contributed by atoms with Crippen molar-refractivity contribution in [1.29, 1.82) is 0 Å². The number of amides is 1. The summed E-state index contributed by atoms with van der Waals surface area (Å²) < 4.78 is 35.5. The molecule has 0 N–H and O–H groups in total. The van der Waals surface area contributed by atoms with Crippen molar-refractivity contribution in [3.8, 4) is 17.2 Å².